The van der Waals surface area contributed by atoms with E-state index in [1.54, 1.807) is 0 Å². The molecule has 0 radical (unpaired) electrons. The molecule has 12 heavy (non-hydrogen) atoms. The maximum atomic E-state index is 5.55. The fourth-order valence-electron chi connectivity index (χ4n) is 1.25. The van der Waals surface area contributed by atoms with Crippen LogP contribution < -0.4 is 0 Å². The zero-order valence-electron chi connectivity index (χ0n) is 8.57. The third-order valence-corrected chi connectivity index (χ3v) is 10.1. The minimum absolute atomic E-state index is 1.19. The third-order valence-electron chi connectivity index (χ3n) is 2.12. The summed E-state index contributed by atoms with van der Waals surface area (Å²) in [7, 11) is 5.55. The molecule has 0 atom stereocenters. The predicted octanol–water partition coefficient (Wildman–Crippen LogP) is 4.56. The molecule has 0 aliphatic heterocycles. The van der Waals surface area contributed by atoms with E-state index in [9.17, 15) is 0 Å². The molecule has 0 aromatic carbocycles. The van der Waals surface area contributed by atoms with E-state index in [0.717, 1.165) is 0 Å². The SMILES string of the molecule is CCCCC[CH2][Sn](=[S])[CH2]CCC. The van der Waals surface area contributed by atoms with Crippen molar-refractivity contribution >= 4 is 27.1 Å². The fourth-order valence-corrected chi connectivity index (χ4v) is 7.87. The number of hydrogen-bond donors (Lipinski definition) is 0. The van der Waals surface area contributed by atoms with Gasteiger partial charge in [-0.1, -0.05) is 0 Å². The topological polar surface area (TPSA) is 0 Å². The van der Waals surface area contributed by atoms with E-state index in [2.05, 4.69) is 13.8 Å². The van der Waals surface area contributed by atoms with Crippen LogP contribution in [0.25, 0.3) is 0 Å². The molecule has 2 heteroatoms. The number of hydrogen-bond acceptors (Lipinski definition) is 1. The summed E-state index contributed by atoms with van der Waals surface area (Å²) in [6, 6.07) is 0. The second kappa shape index (κ2) is 10.1. The van der Waals surface area contributed by atoms with Gasteiger partial charge in [-0.2, -0.15) is 0 Å². The molecule has 0 saturated carbocycles. The van der Waals surface area contributed by atoms with E-state index in [4.69, 9.17) is 9.29 Å². The van der Waals surface area contributed by atoms with Crippen LogP contribution in [0.3, 0.4) is 0 Å². The molecule has 0 bridgehead atoms. The Morgan fingerprint density at radius 3 is 2.00 bits per heavy atom. The molecular formula is C10H22SSn. The maximum absolute atomic E-state index is 5.55. The average molecular weight is 293 g/mol. The normalized spacial score (nSPS) is 10.2. The van der Waals surface area contributed by atoms with Crippen LogP contribution in [0.5, 0.6) is 0 Å². The van der Waals surface area contributed by atoms with Gasteiger partial charge in [-0.3, -0.25) is 0 Å². The molecule has 0 aromatic heterocycles. The van der Waals surface area contributed by atoms with Gasteiger partial charge in [0.25, 0.3) is 0 Å². The molecule has 0 aliphatic carbocycles. The van der Waals surface area contributed by atoms with Crippen molar-refractivity contribution in [1.29, 1.82) is 0 Å². The first-order valence-electron chi connectivity index (χ1n) is 5.33. The molecule has 0 aliphatic rings. The van der Waals surface area contributed by atoms with E-state index in [1.807, 2.05) is 0 Å². The summed E-state index contributed by atoms with van der Waals surface area (Å²) < 4.78 is 2.93. The van der Waals surface area contributed by atoms with Crippen LogP contribution >= 0.6 is 9.29 Å². The zero-order valence-corrected chi connectivity index (χ0v) is 12.2. The Balaban J connectivity index is 3.08. The van der Waals surface area contributed by atoms with E-state index < -0.39 is 17.8 Å². The van der Waals surface area contributed by atoms with Gasteiger partial charge in [0.05, 0.1) is 0 Å². The van der Waals surface area contributed by atoms with Gasteiger partial charge in [-0.15, -0.1) is 0 Å². The Kier molecular flexibility index (Phi) is 11.0. The fraction of sp³-hybridized carbons (Fsp3) is 1.00. The van der Waals surface area contributed by atoms with Gasteiger partial charge in [-0.05, 0) is 0 Å². The first-order chi connectivity index (χ1) is 5.81. The molecule has 0 aromatic rings. The van der Waals surface area contributed by atoms with E-state index in [1.165, 1.54) is 47.4 Å². The van der Waals surface area contributed by atoms with Gasteiger partial charge in [0.2, 0.25) is 0 Å². The van der Waals surface area contributed by atoms with Crippen LogP contribution in [-0.4, -0.2) is 17.8 Å². The average Bonchev–Trinajstić information content (AvgIpc) is 2.09. The van der Waals surface area contributed by atoms with Crippen LogP contribution in [0.2, 0.25) is 8.87 Å². The van der Waals surface area contributed by atoms with Crippen LogP contribution in [-0.2, 0) is 0 Å². The quantitative estimate of drug-likeness (QED) is 0.467. The Labute approximate surface area is 88.0 Å². The van der Waals surface area contributed by atoms with E-state index in [0.29, 0.717) is 0 Å². The van der Waals surface area contributed by atoms with Gasteiger partial charge in [0, 0.05) is 0 Å². The number of unbranched alkanes of at least 4 members (excludes halogenated alkanes) is 4. The molecule has 0 heterocycles. The van der Waals surface area contributed by atoms with Crippen LogP contribution in [0.15, 0.2) is 0 Å². The molecule has 0 N–H and O–H groups in total. The first kappa shape index (κ1) is 13.0. The summed E-state index contributed by atoms with van der Waals surface area (Å²) in [5, 5.41) is 0. The molecular weight excluding hydrogens is 271 g/mol. The Morgan fingerprint density at radius 1 is 0.833 bits per heavy atom. The molecule has 0 fully saturated rings. The van der Waals surface area contributed by atoms with Crippen molar-refractivity contribution in [2.75, 3.05) is 0 Å². The standard InChI is InChI=1S/C6H13.C4H9.S.Sn/c1-3-5-6-4-2;1-3-4-2;;/h1,3-6H2,2H3;1,3-4H2,2H3;;. The summed E-state index contributed by atoms with van der Waals surface area (Å²) in [4.78, 5) is 0. The summed E-state index contributed by atoms with van der Waals surface area (Å²) >= 11 is -1.19. The monoisotopic (exact) mass is 294 g/mol. The van der Waals surface area contributed by atoms with Crippen molar-refractivity contribution in [3.63, 3.8) is 0 Å². The molecule has 0 unspecified atom stereocenters. The number of rotatable bonds is 8. The van der Waals surface area contributed by atoms with Gasteiger partial charge in [0.1, 0.15) is 0 Å². The molecule has 0 saturated heterocycles. The molecule has 0 amide bonds. The summed E-state index contributed by atoms with van der Waals surface area (Å²) in [5.74, 6) is 0. The van der Waals surface area contributed by atoms with Crippen molar-refractivity contribution in [1.82, 2.24) is 0 Å². The van der Waals surface area contributed by atoms with Crippen LogP contribution in [0, 0.1) is 0 Å². The van der Waals surface area contributed by atoms with Gasteiger partial charge < -0.3 is 0 Å². The van der Waals surface area contributed by atoms with Crippen molar-refractivity contribution in [3.8, 4) is 0 Å². The summed E-state index contributed by atoms with van der Waals surface area (Å²) in [6.45, 7) is 4.54. The van der Waals surface area contributed by atoms with Crippen molar-refractivity contribution in [2.45, 2.75) is 61.2 Å². The Hall–Kier alpha value is 1.02. The Bertz CT molecular complexity index is 112. The summed E-state index contributed by atoms with van der Waals surface area (Å²) in [5.41, 5.74) is 0. The zero-order chi connectivity index (χ0) is 9.23. The first-order valence-corrected chi connectivity index (χ1v) is 13.3. The molecule has 0 rings (SSSR count). The van der Waals surface area contributed by atoms with E-state index in [-0.39, 0.29) is 0 Å². The van der Waals surface area contributed by atoms with Crippen molar-refractivity contribution in [3.05, 3.63) is 0 Å². The van der Waals surface area contributed by atoms with Gasteiger partial charge >= 0.3 is 88.4 Å². The van der Waals surface area contributed by atoms with Gasteiger partial charge in [0.15, 0.2) is 0 Å². The predicted molar refractivity (Wildman–Crippen MR) is 62.0 cm³/mol. The Morgan fingerprint density at radius 2 is 1.42 bits per heavy atom. The van der Waals surface area contributed by atoms with Crippen molar-refractivity contribution in [2.24, 2.45) is 0 Å². The van der Waals surface area contributed by atoms with Crippen LogP contribution in [0.4, 0.5) is 0 Å². The van der Waals surface area contributed by atoms with E-state index >= 15 is 0 Å². The van der Waals surface area contributed by atoms with Crippen LogP contribution in [0.1, 0.15) is 52.4 Å². The van der Waals surface area contributed by atoms with Crippen molar-refractivity contribution < 1.29 is 0 Å². The minimum atomic E-state index is -1.19. The second-order valence-electron chi connectivity index (χ2n) is 3.45. The molecule has 0 spiro atoms. The second-order valence-corrected chi connectivity index (χ2v) is 13.3. The van der Waals surface area contributed by atoms with Gasteiger partial charge in [-0.25, -0.2) is 0 Å². The molecule has 72 valence electrons. The summed E-state index contributed by atoms with van der Waals surface area (Å²) in [6.07, 6.45) is 8.39. The molecule has 0 nitrogen and oxygen atoms in total. The third kappa shape index (κ3) is 9.11.